The summed E-state index contributed by atoms with van der Waals surface area (Å²) in [6, 6.07) is 5.26. The Morgan fingerprint density at radius 3 is 2.00 bits per heavy atom. The number of hydrogen-bond acceptors (Lipinski definition) is 4. The molecule has 7 nitrogen and oxygen atoms in total. The fourth-order valence-corrected chi connectivity index (χ4v) is 4.35. The largest absolute Gasteiger partial charge is 0.444 e. The molecule has 0 radical (unpaired) electrons. The number of benzene rings is 1. The third-order valence-electron chi connectivity index (χ3n) is 6.06. The van der Waals surface area contributed by atoms with Gasteiger partial charge in [-0.05, 0) is 53.0 Å². The molecule has 0 aliphatic carbocycles. The van der Waals surface area contributed by atoms with Gasteiger partial charge in [-0.2, -0.15) is 0 Å². The van der Waals surface area contributed by atoms with Crippen molar-refractivity contribution in [3.05, 3.63) is 34.9 Å². The number of rotatable bonds is 16. The van der Waals surface area contributed by atoms with Gasteiger partial charge in [0.25, 0.3) is 0 Å². The molecule has 0 saturated heterocycles. The Labute approximate surface area is 225 Å². The Kier molecular flexibility index (Phi) is 14.9. The smallest absolute Gasteiger partial charge is 0.408 e. The second-order valence-corrected chi connectivity index (χ2v) is 11.0. The molecule has 0 spiro atoms. The van der Waals surface area contributed by atoms with Crippen LogP contribution in [0.25, 0.3) is 0 Å². The average molecular weight is 518 g/mol. The van der Waals surface area contributed by atoms with Crippen molar-refractivity contribution in [2.45, 2.75) is 118 Å². The van der Waals surface area contributed by atoms with E-state index >= 15 is 0 Å². The Bertz CT molecular complexity index is 827. The van der Waals surface area contributed by atoms with Gasteiger partial charge >= 0.3 is 6.09 Å². The first-order valence-electron chi connectivity index (χ1n) is 14.1. The average Bonchev–Trinajstić information content (AvgIpc) is 2.80. The second-order valence-electron chi connectivity index (χ2n) is 11.0. The van der Waals surface area contributed by atoms with Crippen LogP contribution in [0.2, 0.25) is 0 Å². The highest BCUT2D eigenvalue weighted by Crippen LogP contribution is 2.25. The Hall–Kier alpha value is -2.57. The molecule has 3 amide bonds. The van der Waals surface area contributed by atoms with Crippen LogP contribution in [0, 0.1) is 13.8 Å². The lowest BCUT2D eigenvalue weighted by Crippen LogP contribution is -2.48. The summed E-state index contributed by atoms with van der Waals surface area (Å²) in [7, 11) is 0. The number of unbranched alkanes of at least 4 members (excludes halogenated alkanes) is 7. The number of alkyl carbamates (subject to hydrolysis) is 1. The van der Waals surface area contributed by atoms with E-state index < -0.39 is 17.7 Å². The maximum Gasteiger partial charge on any atom is 0.408 e. The van der Waals surface area contributed by atoms with Crippen LogP contribution in [0.5, 0.6) is 0 Å². The summed E-state index contributed by atoms with van der Waals surface area (Å²) in [6.07, 6.45) is 8.78. The summed E-state index contributed by atoms with van der Waals surface area (Å²) in [5.41, 5.74) is 2.21. The minimum atomic E-state index is -0.760. The van der Waals surface area contributed by atoms with Crippen molar-refractivity contribution in [1.29, 1.82) is 0 Å². The van der Waals surface area contributed by atoms with E-state index in [2.05, 4.69) is 30.5 Å². The number of carbonyl (C=O) groups is 3. The van der Waals surface area contributed by atoms with Gasteiger partial charge in [0.1, 0.15) is 18.2 Å². The van der Waals surface area contributed by atoms with Gasteiger partial charge < -0.3 is 20.3 Å². The molecule has 1 unspecified atom stereocenters. The van der Waals surface area contributed by atoms with E-state index in [0.717, 1.165) is 55.2 Å². The first-order valence-corrected chi connectivity index (χ1v) is 14.1. The van der Waals surface area contributed by atoms with Crippen molar-refractivity contribution in [1.82, 2.24) is 15.5 Å². The lowest BCUT2D eigenvalue weighted by molar-refractivity contribution is -0.140. The molecule has 0 aromatic heterocycles. The summed E-state index contributed by atoms with van der Waals surface area (Å²) in [5.74, 6) is -0.481. The van der Waals surface area contributed by atoms with Gasteiger partial charge in [0.05, 0.1) is 0 Å². The zero-order chi connectivity index (χ0) is 27.8. The number of aryl methyl sites for hydroxylation is 2. The normalized spacial score (nSPS) is 12.1. The maximum absolute atomic E-state index is 13.6. The van der Waals surface area contributed by atoms with Gasteiger partial charge in [-0.3, -0.25) is 9.59 Å². The van der Waals surface area contributed by atoms with E-state index in [0.29, 0.717) is 13.1 Å². The van der Waals surface area contributed by atoms with Crippen LogP contribution in [0.1, 0.15) is 115 Å². The van der Waals surface area contributed by atoms with E-state index in [-0.39, 0.29) is 18.4 Å². The fourth-order valence-electron chi connectivity index (χ4n) is 4.35. The van der Waals surface area contributed by atoms with Gasteiger partial charge in [0.15, 0.2) is 0 Å². The van der Waals surface area contributed by atoms with Crippen LogP contribution in [0.3, 0.4) is 0 Å². The van der Waals surface area contributed by atoms with E-state index in [9.17, 15) is 14.4 Å². The molecular formula is C30H51N3O4. The highest BCUT2D eigenvalue weighted by Gasteiger charge is 2.31. The Morgan fingerprint density at radius 1 is 0.838 bits per heavy atom. The standard InChI is InChI=1S/C30H51N3O4/c1-8-10-12-13-14-16-18-33(26(34)22-32-29(36)37-30(5,6)7)27(28(35)31-17-15-11-9-2)25-20-23(3)19-24(4)21-25/h19-21,27H,8-18,22H2,1-7H3,(H,31,35)(H,32,36). The SMILES string of the molecule is CCCCCCCCN(C(=O)CNC(=O)OC(C)(C)C)C(C(=O)NCCCCC)c1cc(C)cc(C)c1. The first kappa shape index (κ1) is 32.5. The second kappa shape index (κ2) is 17.0. The molecule has 1 aromatic carbocycles. The maximum atomic E-state index is 13.6. The number of hydrogen-bond donors (Lipinski definition) is 2. The van der Waals surface area contributed by atoms with E-state index in [1.165, 1.54) is 19.3 Å². The van der Waals surface area contributed by atoms with Crippen LogP contribution in [-0.4, -0.2) is 48.0 Å². The highest BCUT2D eigenvalue weighted by molar-refractivity contribution is 5.90. The monoisotopic (exact) mass is 517 g/mol. The lowest BCUT2D eigenvalue weighted by Gasteiger charge is -2.32. The van der Waals surface area contributed by atoms with Gasteiger partial charge in [0.2, 0.25) is 11.8 Å². The van der Waals surface area contributed by atoms with Crippen molar-refractivity contribution >= 4 is 17.9 Å². The van der Waals surface area contributed by atoms with Gasteiger partial charge in [-0.25, -0.2) is 4.79 Å². The molecule has 37 heavy (non-hydrogen) atoms. The molecule has 0 saturated carbocycles. The number of nitrogens with zero attached hydrogens (tertiary/aromatic N) is 1. The summed E-state index contributed by atoms with van der Waals surface area (Å²) in [4.78, 5) is 40.9. The van der Waals surface area contributed by atoms with Crippen molar-refractivity contribution in [3.63, 3.8) is 0 Å². The van der Waals surface area contributed by atoms with Crippen molar-refractivity contribution in [3.8, 4) is 0 Å². The number of ether oxygens (including phenoxy) is 1. The van der Waals surface area contributed by atoms with Crippen LogP contribution in [0.4, 0.5) is 4.79 Å². The van der Waals surface area contributed by atoms with E-state index in [4.69, 9.17) is 4.74 Å². The minimum absolute atomic E-state index is 0.183. The van der Waals surface area contributed by atoms with Crippen molar-refractivity contribution in [2.75, 3.05) is 19.6 Å². The summed E-state index contributed by atoms with van der Waals surface area (Å²) in [6.45, 7) is 14.4. The molecule has 7 heteroatoms. The molecule has 2 N–H and O–H groups in total. The number of nitrogens with one attached hydrogen (secondary N) is 2. The molecule has 210 valence electrons. The quantitative estimate of drug-likeness (QED) is 0.250. The zero-order valence-electron chi connectivity index (χ0n) is 24.4. The summed E-state index contributed by atoms with van der Waals surface area (Å²) in [5, 5.41) is 5.64. The molecule has 0 aliphatic heterocycles. The Morgan fingerprint density at radius 2 is 1.41 bits per heavy atom. The molecule has 0 bridgehead atoms. The van der Waals surface area contributed by atoms with Crippen LogP contribution in [0.15, 0.2) is 18.2 Å². The third kappa shape index (κ3) is 13.5. The molecule has 1 aromatic rings. The highest BCUT2D eigenvalue weighted by atomic mass is 16.6. The van der Waals surface area contributed by atoms with Gasteiger partial charge in [0, 0.05) is 13.1 Å². The predicted octanol–water partition coefficient (Wildman–Crippen LogP) is 6.36. The molecule has 0 aliphatic rings. The van der Waals surface area contributed by atoms with Gasteiger partial charge in [-0.1, -0.05) is 88.1 Å². The van der Waals surface area contributed by atoms with Gasteiger partial charge in [-0.15, -0.1) is 0 Å². The summed E-state index contributed by atoms with van der Waals surface area (Å²) >= 11 is 0. The number of carbonyl (C=O) groups excluding carboxylic acids is 3. The lowest BCUT2D eigenvalue weighted by atomic mass is 9.98. The van der Waals surface area contributed by atoms with Crippen LogP contribution >= 0.6 is 0 Å². The Balaban J connectivity index is 3.18. The molecule has 0 fully saturated rings. The van der Waals surface area contributed by atoms with Crippen LogP contribution in [-0.2, 0) is 14.3 Å². The first-order chi connectivity index (χ1) is 17.5. The van der Waals surface area contributed by atoms with Crippen LogP contribution < -0.4 is 10.6 Å². The van der Waals surface area contributed by atoms with Crippen molar-refractivity contribution < 1.29 is 19.1 Å². The molecular weight excluding hydrogens is 466 g/mol. The van der Waals surface area contributed by atoms with E-state index in [1.54, 1.807) is 25.7 Å². The summed E-state index contributed by atoms with van der Waals surface area (Å²) < 4.78 is 5.30. The number of amides is 3. The molecule has 1 rings (SSSR count). The predicted molar refractivity (Wildman–Crippen MR) is 151 cm³/mol. The third-order valence-corrected chi connectivity index (χ3v) is 6.06. The zero-order valence-corrected chi connectivity index (χ0v) is 24.4. The fraction of sp³-hybridized carbons (Fsp3) is 0.700. The molecule has 1 atom stereocenters. The van der Waals surface area contributed by atoms with E-state index in [1.807, 2.05) is 26.0 Å². The minimum Gasteiger partial charge on any atom is -0.444 e. The topological polar surface area (TPSA) is 87.7 Å². The van der Waals surface area contributed by atoms with Crippen molar-refractivity contribution in [2.24, 2.45) is 0 Å². The molecule has 0 heterocycles.